The molecule has 23 heavy (non-hydrogen) atoms. The van der Waals surface area contributed by atoms with Gasteiger partial charge < -0.3 is 10.2 Å². The van der Waals surface area contributed by atoms with E-state index in [1.54, 1.807) is 0 Å². The van der Waals surface area contributed by atoms with Gasteiger partial charge >= 0.3 is 0 Å². The zero-order chi connectivity index (χ0) is 15.9. The average Bonchev–Trinajstić information content (AvgIpc) is 3.10. The summed E-state index contributed by atoms with van der Waals surface area (Å²) < 4.78 is 0. The van der Waals surface area contributed by atoms with Gasteiger partial charge in [0.1, 0.15) is 0 Å². The largest absolute Gasteiger partial charge is 0.356 e. The van der Waals surface area contributed by atoms with Gasteiger partial charge in [-0.3, -0.25) is 4.79 Å². The van der Waals surface area contributed by atoms with Crippen molar-refractivity contribution in [1.82, 2.24) is 10.2 Å². The molecule has 0 aromatic heterocycles. The number of fused-ring (bicyclic) bond motifs is 1. The molecule has 0 bridgehead atoms. The van der Waals surface area contributed by atoms with Gasteiger partial charge in [0.2, 0.25) is 5.91 Å². The van der Waals surface area contributed by atoms with E-state index in [1.807, 2.05) is 10.8 Å². The van der Waals surface area contributed by atoms with E-state index in [0.29, 0.717) is 5.92 Å². The number of hydrogen-bond acceptors (Lipinski definition) is 4. The molecule has 3 aliphatic heterocycles. The van der Waals surface area contributed by atoms with E-state index in [1.165, 1.54) is 70.2 Å². The van der Waals surface area contributed by atoms with Crippen LogP contribution in [0.1, 0.15) is 64.2 Å². The van der Waals surface area contributed by atoms with Gasteiger partial charge in [-0.05, 0) is 64.0 Å². The number of unbranched alkanes of at least 4 members (excludes halogenated alkanes) is 1. The molecule has 0 aromatic rings. The molecule has 0 saturated carbocycles. The Labute approximate surface area is 149 Å². The number of carbonyl (C=O) groups excluding carboxylic acids is 1. The summed E-state index contributed by atoms with van der Waals surface area (Å²) in [5.74, 6) is 2.29. The minimum Gasteiger partial charge on any atom is -0.356 e. The van der Waals surface area contributed by atoms with Gasteiger partial charge in [-0.2, -0.15) is 0 Å². The number of carbonyl (C=O) groups is 1. The molecule has 5 heteroatoms. The van der Waals surface area contributed by atoms with E-state index < -0.39 is 0 Å². The van der Waals surface area contributed by atoms with Crippen molar-refractivity contribution >= 4 is 27.5 Å². The van der Waals surface area contributed by atoms with Crippen LogP contribution >= 0.6 is 21.6 Å². The number of piperidine rings is 2. The first-order chi connectivity index (χ1) is 11.3. The van der Waals surface area contributed by atoms with E-state index in [4.69, 9.17) is 0 Å². The summed E-state index contributed by atoms with van der Waals surface area (Å²) in [6, 6.07) is 0.745. The van der Waals surface area contributed by atoms with Crippen LogP contribution in [0.2, 0.25) is 0 Å². The van der Waals surface area contributed by atoms with Crippen molar-refractivity contribution < 1.29 is 4.79 Å². The summed E-state index contributed by atoms with van der Waals surface area (Å²) in [5, 5.41) is 4.09. The molecule has 3 aliphatic rings. The van der Waals surface area contributed by atoms with Crippen LogP contribution < -0.4 is 5.32 Å². The van der Waals surface area contributed by atoms with E-state index >= 15 is 0 Å². The van der Waals surface area contributed by atoms with Gasteiger partial charge in [0, 0.05) is 30.0 Å². The molecule has 1 unspecified atom stereocenters. The maximum Gasteiger partial charge on any atom is 0.220 e. The molecule has 0 aromatic carbocycles. The Morgan fingerprint density at radius 1 is 1.09 bits per heavy atom. The monoisotopic (exact) mass is 356 g/mol. The molecule has 3 nitrogen and oxygen atoms in total. The van der Waals surface area contributed by atoms with E-state index in [9.17, 15) is 4.79 Å². The molecule has 0 aliphatic carbocycles. The molecule has 1 N–H and O–H groups in total. The van der Waals surface area contributed by atoms with Crippen LogP contribution in [-0.4, -0.2) is 47.5 Å². The molecule has 3 saturated heterocycles. The number of rotatable bonds is 7. The van der Waals surface area contributed by atoms with Gasteiger partial charge in [-0.15, -0.1) is 0 Å². The molecule has 1 amide bonds. The first-order valence-corrected chi connectivity index (χ1v) is 12.0. The summed E-state index contributed by atoms with van der Waals surface area (Å²) in [6.45, 7) is 3.48. The van der Waals surface area contributed by atoms with Crippen molar-refractivity contribution in [2.24, 2.45) is 5.92 Å². The predicted molar refractivity (Wildman–Crippen MR) is 102 cm³/mol. The Morgan fingerprint density at radius 3 is 2.87 bits per heavy atom. The molecule has 3 rings (SSSR count). The Balaban J connectivity index is 1.29. The second kappa shape index (κ2) is 9.57. The molecule has 3 heterocycles. The highest BCUT2D eigenvalue weighted by Gasteiger charge is 2.32. The fourth-order valence-corrected chi connectivity index (χ4v) is 7.40. The molecule has 3 fully saturated rings. The maximum atomic E-state index is 12.1. The summed E-state index contributed by atoms with van der Waals surface area (Å²) in [7, 11) is 4.07. The van der Waals surface area contributed by atoms with Crippen LogP contribution in [0.5, 0.6) is 0 Å². The number of nitrogens with zero attached hydrogens (tertiary/aromatic N) is 1. The fourth-order valence-electron chi connectivity index (χ4n) is 4.37. The smallest absolute Gasteiger partial charge is 0.220 e. The summed E-state index contributed by atoms with van der Waals surface area (Å²) >= 11 is 0. The van der Waals surface area contributed by atoms with Crippen molar-refractivity contribution in [2.45, 2.75) is 75.5 Å². The SMILES string of the molecule is O=C(CCCCC1CCSS1)NC[C@@H]1CCCN2CCCC[C@H]12. The lowest BCUT2D eigenvalue weighted by molar-refractivity contribution is -0.121. The topological polar surface area (TPSA) is 32.3 Å². The molecular weight excluding hydrogens is 324 g/mol. The second-order valence-electron chi connectivity index (χ2n) is 7.38. The lowest BCUT2D eigenvalue weighted by Gasteiger charge is -2.44. The fraction of sp³-hybridized carbons (Fsp3) is 0.944. The van der Waals surface area contributed by atoms with Crippen molar-refractivity contribution in [3.8, 4) is 0 Å². The van der Waals surface area contributed by atoms with E-state index in [0.717, 1.165) is 30.7 Å². The Kier molecular flexibility index (Phi) is 7.46. The molecule has 0 spiro atoms. The number of hydrogen-bond donors (Lipinski definition) is 1. The van der Waals surface area contributed by atoms with Gasteiger partial charge in [-0.1, -0.05) is 34.4 Å². The number of amides is 1. The van der Waals surface area contributed by atoms with Crippen molar-refractivity contribution in [3.63, 3.8) is 0 Å². The zero-order valence-corrected chi connectivity index (χ0v) is 15.9. The Hall–Kier alpha value is 0.130. The van der Waals surface area contributed by atoms with Crippen LogP contribution in [0.4, 0.5) is 0 Å². The van der Waals surface area contributed by atoms with Crippen molar-refractivity contribution in [1.29, 1.82) is 0 Å². The van der Waals surface area contributed by atoms with Gasteiger partial charge in [0.25, 0.3) is 0 Å². The third-order valence-corrected chi connectivity index (χ3v) is 8.70. The highest BCUT2D eigenvalue weighted by molar-refractivity contribution is 8.77. The highest BCUT2D eigenvalue weighted by atomic mass is 33.1. The standard InChI is InChI=1S/C18H32N2OS2/c21-18(9-2-1-7-16-10-13-22-23-16)19-14-15-6-5-12-20-11-4-3-8-17(15)20/h15-17H,1-14H2,(H,19,21)/t15-,16?,17+/m0/s1. The third kappa shape index (κ3) is 5.57. The van der Waals surface area contributed by atoms with E-state index in [-0.39, 0.29) is 5.91 Å². The zero-order valence-electron chi connectivity index (χ0n) is 14.3. The summed E-state index contributed by atoms with van der Waals surface area (Å²) in [6.07, 6.45) is 12.4. The highest BCUT2D eigenvalue weighted by Crippen LogP contribution is 2.39. The molecular formula is C18H32N2OS2. The van der Waals surface area contributed by atoms with E-state index in [2.05, 4.69) is 21.0 Å². The van der Waals surface area contributed by atoms with Crippen LogP contribution in [0.3, 0.4) is 0 Å². The first-order valence-electron chi connectivity index (χ1n) is 9.62. The van der Waals surface area contributed by atoms with Crippen LogP contribution in [0, 0.1) is 5.92 Å². The maximum absolute atomic E-state index is 12.1. The molecule has 0 radical (unpaired) electrons. The van der Waals surface area contributed by atoms with Gasteiger partial charge in [0.15, 0.2) is 0 Å². The molecule has 132 valence electrons. The molecule has 3 atom stereocenters. The summed E-state index contributed by atoms with van der Waals surface area (Å²) in [5.41, 5.74) is 0. The minimum absolute atomic E-state index is 0.284. The van der Waals surface area contributed by atoms with Crippen LogP contribution in [-0.2, 0) is 4.79 Å². The summed E-state index contributed by atoms with van der Waals surface area (Å²) in [4.78, 5) is 14.8. The first kappa shape index (κ1) is 17.9. The predicted octanol–water partition coefficient (Wildman–Crippen LogP) is 4.08. The number of nitrogens with one attached hydrogen (secondary N) is 1. The third-order valence-electron chi connectivity index (χ3n) is 5.70. The average molecular weight is 357 g/mol. The van der Waals surface area contributed by atoms with Gasteiger partial charge in [0.05, 0.1) is 0 Å². The Morgan fingerprint density at radius 2 is 2.00 bits per heavy atom. The van der Waals surface area contributed by atoms with Crippen molar-refractivity contribution in [3.05, 3.63) is 0 Å². The second-order valence-corrected chi connectivity index (χ2v) is 10.2. The van der Waals surface area contributed by atoms with Crippen LogP contribution in [0.15, 0.2) is 0 Å². The normalized spacial score (nSPS) is 31.7. The lowest BCUT2D eigenvalue weighted by atomic mass is 9.83. The Bertz CT molecular complexity index is 372. The van der Waals surface area contributed by atoms with Crippen LogP contribution in [0.25, 0.3) is 0 Å². The van der Waals surface area contributed by atoms with Gasteiger partial charge in [-0.25, -0.2) is 0 Å². The minimum atomic E-state index is 0.284. The quantitative estimate of drug-likeness (QED) is 0.550. The van der Waals surface area contributed by atoms with Crippen molar-refractivity contribution in [2.75, 3.05) is 25.4 Å². The lowest BCUT2D eigenvalue weighted by Crippen LogP contribution is -2.50.